The molecule has 0 saturated carbocycles. The summed E-state index contributed by atoms with van der Waals surface area (Å²) in [6.07, 6.45) is 11.8. The Balaban J connectivity index is 3.93. The Kier molecular flexibility index (Phi) is 5.45. The number of allylic oxidation sites excluding steroid dienone is 7. The van der Waals surface area contributed by atoms with E-state index in [1.165, 1.54) is 5.57 Å². The minimum atomic E-state index is 1.23. The molecule has 0 nitrogen and oxygen atoms in total. The van der Waals surface area contributed by atoms with Gasteiger partial charge in [-0.1, -0.05) is 48.6 Å². The first-order valence-corrected chi connectivity index (χ1v) is 3.40. The van der Waals surface area contributed by atoms with Crippen LogP contribution in [0, 0.1) is 0 Å². The standard InChI is InChI=1S/C10H14/c1-4-6-8-10(3)9-7-5-2/h4-9H,1H2,2-3H3/b7-5-,8-6+,10-9+. The molecular weight excluding hydrogens is 120 g/mol. The predicted octanol–water partition coefficient (Wildman–Crippen LogP) is 3.25. The van der Waals surface area contributed by atoms with Gasteiger partial charge in [0, 0.05) is 0 Å². The van der Waals surface area contributed by atoms with Gasteiger partial charge < -0.3 is 0 Å². The molecule has 54 valence electrons. The minimum Gasteiger partial charge on any atom is -0.0991 e. The first-order valence-electron chi connectivity index (χ1n) is 3.40. The van der Waals surface area contributed by atoms with Crippen LogP contribution in [0.4, 0.5) is 0 Å². The smallest absolute Gasteiger partial charge is 0.0398 e. The van der Waals surface area contributed by atoms with Crippen LogP contribution in [0.5, 0.6) is 0 Å². The highest BCUT2D eigenvalue weighted by atomic mass is 13.8. The maximum atomic E-state index is 3.58. The molecule has 0 aliphatic heterocycles. The van der Waals surface area contributed by atoms with Crippen LogP contribution >= 0.6 is 0 Å². The Morgan fingerprint density at radius 3 is 2.50 bits per heavy atom. The van der Waals surface area contributed by atoms with Crippen LogP contribution in [0.15, 0.2) is 48.6 Å². The predicted molar refractivity (Wildman–Crippen MR) is 47.9 cm³/mol. The second-order valence-electron chi connectivity index (χ2n) is 2.03. The average molecular weight is 134 g/mol. The van der Waals surface area contributed by atoms with Crippen molar-refractivity contribution in [3.05, 3.63) is 48.6 Å². The number of rotatable bonds is 3. The zero-order chi connectivity index (χ0) is 7.82. The average Bonchev–Trinajstić information content (AvgIpc) is 1.97. The molecular formula is C10H14. The van der Waals surface area contributed by atoms with E-state index in [1.54, 1.807) is 6.08 Å². The van der Waals surface area contributed by atoms with Crippen molar-refractivity contribution in [3.8, 4) is 0 Å². The summed E-state index contributed by atoms with van der Waals surface area (Å²) in [4.78, 5) is 0. The molecule has 0 N–H and O–H groups in total. The van der Waals surface area contributed by atoms with Gasteiger partial charge in [0.25, 0.3) is 0 Å². The molecule has 0 rings (SSSR count). The van der Waals surface area contributed by atoms with Crippen LogP contribution in [0.1, 0.15) is 13.8 Å². The molecule has 0 aromatic carbocycles. The van der Waals surface area contributed by atoms with Crippen LogP contribution in [0.3, 0.4) is 0 Å². The number of hydrogen-bond donors (Lipinski definition) is 0. The van der Waals surface area contributed by atoms with E-state index >= 15 is 0 Å². The van der Waals surface area contributed by atoms with Crippen molar-refractivity contribution in [2.45, 2.75) is 13.8 Å². The highest BCUT2D eigenvalue weighted by Crippen LogP contribution is 1.94. The molecule has 0 amide bonds. The van der Waals surface area contributed by atoms with E-state index in [2.05, 4.69) is 19.6 Å². The third-order valence-corrected chi connectivity index (χ3v) is 1.05. The van der Waals surface area contributed by atoms with Crippen LogP contribution in [0.25, 0.3) is 0 Å². The van der Waals surface area contributed by atoms with Gasteiger partial charge in [-0.25, -0.2) is 0 Å². The monoisotopic (exact) mass is 134 g/mol. The van der Waals surface area contributed by atoms with Gasteiger partial charge in [0.05, 0.1) is 0 Å². The van der Waals surface area contributed by atoms with Crippen LogP contribution in [0.2, 0.25) is 0 Å². The van der Waals surface area contributed by atoms with E-state index in [9.17, 15) is 0 Å². The lowest BCUT2D eigenvalue weighted by molar-refractivity contribution is 1.52. The van der Waals surface area contributed by atoms with E-state index in [4.69, 9.17) is 0 Å². The molecule has 0 unspecified atom stereocenters. The second-order valence-corrected chi connectivity index (χ2v) is 2.03. The Labute approximate surface area is 63.3 Å². The molecule has 0 atom stereocenters. The largest absolute Gasteiger partial charge is 0.0991 e. The molecule has 0 fully saturated rings. The lowest BCUT2D eigenvalue weighted by atomic mass is 10.2. The highest BCUT2D eigenvalue weighted by Gasteiger charge is 1.73. The zero-order valence-electron chi connectivity index (χ0n) is 6.67. The maximum Gasteiger partial charge on any atom is -0.0398 e. The minimum absolute atomic E-state index is 1.23. The zero-order valence-corrected chi connectivity index (χ0v) is 6.67. The third-order valence-electron chi connectivity index (χ3n) is 1.05. The van der Waals surface area contributed by atoms with Gasteiger partial charge in [-0.2, -0.15) is 0 Å². The van der Waals surface area contributed by atoms with Crippen molar-refractivity contribution in [1.29, 1.82) is 0 Å². The second kappa shape index (κ2) is 6.09. The third kappa shape index (κ3) is 5.10. The van der Waals surface area contributed by atoms with E-state index in [-0.39, 0.29) is 0 Å². The van der Waals surface area contributed by atoms with Crippen molar-refractivity contribution < 1.29 is 0 Å². The van der Waals surface area contributed by atoms with Gasteiger partial charge in [0.1, 0.15) is 0 Å². The van der Waals surface area contributed by atoms with Crippen LogP contribution < -0.4 is 0 Å². The summed E-state index contributed by atoms with van der Waals surface area (Å²) >= 11 is 0. The fourth-order valence-electron chi connectivity index (χ4n) is 0.523. The topological polar surface area (TPSA) is 0 Å². The summed E-state index contributed by atoms with van der Waals surface area (Å²) in [5.74, 6) is 0. The molecule has 0 aliphatic carbocycles. The molecule has 10 heavy (non-hydrogen) atoms. The molecule has 0 saturated heterocycles. The Bertz CT molecular complexity index is 168. The first kappa shape index (κ1) is 8.96. The lowest BCUT2D eigenvalue weighted by Gasteiger charge is -1.84. The van der Waals surface area contributed by atoms with Crippen molar-refractivity contribution in [2.24, 2.45) is 0 Å². The molecule has 0 aromatic rings. The summed E-state index contributed by atoms with van der Waals surface area (Å²) in [6, 6.07) is 0. The fourth-order valence-corrected chi connectivity index (χ4v) is 0.523. The van der Waals surface area contributed by atoms with E-state index in [0.29, 0.717) is 0 Å². The number of hydrogen-bond acceptors (Lipinski definition) is 0. The van der Waals surface area contributed by atoms with Gasteiger partial charge >= 0.3 is 0 Å². The van der Waals surface area contributed by atoms with Gasteiger partial charge in [-0.15, -0.1) is 0 Å². The molecule has 0 spiro atoms. The summed E-state index contributed by atoms with van der Waals surface area (Å²) in [6.45, 7) is 7.64. The maximum absolute atomic E-state index is 3.58. The molecule has 0 aliphatic rings. The van der Waals surface area contributed by atoms with E-state index in [0.717, 1.165) is 0 Å². The summed E-state index contributed by atoms with van der Waals surface area (Å²) in [5, 5.41) is 0. The Morgan fingerprint density at radius 2 is 2.00 bits per heavy atom. The Hall–Kier alpha value is -1.04. The highest BCUT2D eigenvalue weighted by molar-refractivity contribution is 5.23. The van der Waals surface area contributed by atoms with Gasteiger partial charge in [-0.05, 0) is 13.8 Å². The Morgan fingerprint density at radius 1 is 1.30 bits per heavy atom. The normalized spacial score (nSPS) is 13.2. The lowest BCUT2D eigenvalue weighted by Crippen LogP contribution is -1.63. The molecule has 0 aromatic heterocycles. The first-order chi connectivity index (χ1) is 4.81. The van der Waals surface area contributed by atoms with Crippen molar-refractivity contribution in [2.75, 3.05) is 0 Å². The molecule has 0 bridgehead atoms. The fraction of sp³-hybridized carbons (Fsp3) is 0.200. The SMILES string of the molecule is C=C/C=C/C(C)=C/C=C\C. The van der Waals surface area contributed by atoms with Crippen molar-refractivity contribution >= 4 is 0 Å². The van der Waals surface area contributed by atoms with E-state index in [1.807, 2.05) is 31.2 Å². The van der Waals surface area contributed by atoms with Crippen LogP contribution in [-0.4, -0.2) is 0 Å². The van der Waals surface area contributed by atoms with Gasteiger partial charge in [0.15, 0.2) is 0 Å². The molecule has 0 radical (unpaired) electrons. The quantitative estimate of drug-likeness (QED) is 0.520. The van der Waals surface area contributed by atoms with Crippen LogP contribution in [-0.2, 0) is 0 Å². The van der Waals surface area contributed by atoms with Crippen molar-refractivity contribution in [3.63, 3.8) is 0 Å². The van der Waals surface area contributed by atoms with Crippen molar-refractivity contribution in [1.82, 2.24) is 0 Å². The molecule has 0 heteroatoms. The van der Waals surface area contributed by atoms with Gasteiger partial charge in [0.2, 0.25) is 0 Å². The molecule has 0 heterocycles. The summed E-state index contributed by atoms with van der Waals surface area (Å²) in [7, 11) is 0. The van der Waals surface area contributed by atoms with Gasteiger partial charge in [-0.3, -0.25) is 0 Å². The summed E-state index contributed by atoms with van der Waals surface area (Å²) in [5.41, 5.74) is 1.23. The van der Waals surface area contributed by atoms with E-state index < -0.39 is 0 Å². The summed E-state index contributed by atoms with van der Waals surface area (Å²) < 4.78 is 0.